The molecule has 7 heteroatoms. The second kappa shape index (κ2) is 5.46. The van der Waals surface area contributed by atoms with Crippen LogP contribution in [0.15, 0.2) is 18.2 Å². The summed E-state index contributed by atoms with van der Waals surface area (Å²) in [5.74, 6) is -0.932. The smallest absolute Gasteiger partial charge is 0.224 e. The number of carbonyl (C=O) groups excluding carboxylic acids is 1. The van der Waals surface area contributed by atoms with Gasteiger partial charge in [0.1, 0.15) is 5.82 Å². The number of hydrogen-bond donors (Lipinski definition) is 1. The lowest BCUT2D eigenvalue weighted by atomic mass is 10.1. The van der Waals surface area contributed by atoms with E-state index in [1.165, 1.54) is 18.2 Å². The van der Waals surface area contributed by atoms with Crippen molar-refractivity contribution in [2.45, 2.75) is 18.9 Å². The molecule has 1 fully saturated rings. The van der Waals surface area contributed by atoms with Gasteiger partial charge in [-0.05, 0) is 18.6 Å². The van der Waals surface area contributed by atoms with Crippen LogP contribution in [-0.2, 0) is 21.1 Å². The van der Waals surface area contributed by atoms with Crippen LogP contribution in [0.2, 0.25) is 5.02 Å². The predicted molar refractivity (Wildman–Crippen MR) is 70.3 cm³/mol. The van der Waals surface area contributed by atoms with E-state index in [0.29, 0.717) is 6.42 Å². The van der Waals surface area contributed by atoms with E-state index in [0.717, 1.165) is 0 Å². The highest BCUT2D eigenvalue weighted by molar-refractivity contribution is 7.91. The van der Waals surface area contributed by atoms with Crippen molar-refractivity contribution in [3.05, 3.63) is 34.6 Å². The van der Waals surface area contributed by atoms with E-state index in [1.54, 1.807) is 0 Å². The fraction of sp³-hybridized carbons (Fsp3) is 0.417. The fourth-order valence-electron chi connectivity index (χ4n) is 2.05. The van der Waals surface area contributed by atoms with Gasteiger partial charge in [0.2, 0.25) is 5.91 Å². The second-order valence-electron chi connectivity index (χ2n) is 4.54. The minimum atomic E-state index is -3.05. The van der Waals surface area contributed by atoms with E-state index in [4.69, 9.17) is 11.6 Å². The third kappa shape index (κ3) is 3.67. The maximum absolute atomic E-state index is 13.5. The zero-order chi connectivity index (χ0) is 14.0. The molecule has 1 aliphatic rings. The molecule has 2 rings (SSSR count). The molecule has 4 nitrogen and oxygen atoms in total. The summed E-state index contributed by atoms with van der Waals surface area (Å²) in [5, 5.41) is 2.78. The first-order valence-corrected chi connectivity index (χ1v) is 8.00. The van der Waals surface area contributed by atoms with Crippen molar-refractivity contribution < 1.29 is 17.6 Å². The Balaban J connectivity index is 1.99. The molecule has 0 bridgehead atoms. The summed E-state index contributed by atoms with van der Waals surface area (Å²) < 4.78 is 36.0. The Morgan fingerprint density at radius 1 is 1.47 bits per heavy atom. The minimum absolute atomic E-state index is 0.0518. The van der Waals surface area contributed by atoms with Crippen molar-refractivity contribution in [1.82, 2.24) is 5.32 Å². The third-order valence-electron chi connectivity index (χ3n) is 3.00. The Bertz CT molecular complexity index is 583. The van der Waals surface area contributed by atoms with Crippen LogP contribution in [0.5, 0.6) is 0 Å². The topological polar surface area (TPSA) is 63.2 Å². The van der Waals surface area contributed by atoms with Gasteiger partial charge in [-0.1, -0.05) is 17.7 Å². The molecule has 104 valence electrons. The SMILES string of the molecule is O=C(Cc1c(F)cccc1Cl)N[C@H]1CCS(=O)(=O)C1. The molecule has 0 aromatic heterocycles. The molecule has 1 aliphatic heterocycles. The molecule has 19 heavy (non-hydrogen) atoms. The van der Waals surface area contributed by atoms with Crippen LogP contribution in [0, 0.1) is 5.82 Å². The summed E-state index contributed by atoms with van der Waals surface area (Å²) in [4.78, 5) is 11.8. The number of amides is 1. The van der Waals surface area contributed by atoms with Crippen LogP contribution in [0.4, 0.5) is 4.39 Å². The zero-order valence-electron chi connectivity index (χ0n) is 10.0. The van der Waals surface area contributed by atoms with Gasteiger partial charge >= 0.3 is 0 Å². The molecule has 0 radical (unpaired) electrons. The lowest BCUT2D eigenvalue weighted by Crippen LogP contribution is -2.36. The molecule has 1 saturated heterocycles. The van der Waals surface area contributed by atoms with Crippen molar-refractivity contribution in [2.75, 3.05) is 11.5 Å². The van der Waals surface area contributed by atoms with E-state index < -0.39 is 21.6 Å². The van der Waals surface area contributed by atoms with E-state index in [2.05, 4.69) is 5.32 Å². The van der Waals surface area contributed by atoms with Crippen LogP contribution in [0.25, 0.3) is 0 Å². The standard InChI is InChI=1S/C12H13ClFNO3S/c13-10-2-1-3-11(14)9(10)6-12(16)15-8-4-5-19(17,18)7-8/h1-3,8H,4-7H2,(H,15,16)/t8-/m0/s1. The van der Waals surface area contributed by atoms with Crippen molar-refractivity contribution in [3.8, 4) is 0 Å². The van der Waals surface area contributed by atoms with Crippen LogP contribution < -0.4 is 5.32 Å². The molecule has 1 aromatic rings. The monoisotopic (exact) mass is 305 g/mol. The Morgan fingerprint density at radius 2 is 2.21 bits per heavy atom. The number of rotatable bonds is 3. The molecule has 0 spiro atoms. The lowest BCUT2D eigenvalue weighted by Gasteiger charge is -2.11. The molecular weight excluding hydrogens is 293 g/mol. The van der Waals surface area contributed by atoms with Crippen molar-refractivity contribution >= 4 is 27.3 Å². The normalized spacial score (nSPS) is 21.3. The molecule has 1 atom stereocenters. The van der Waals surface area contributed by atoms with Gasteiger partial charge < -0.3 is 5.32 Å². The summed E-state index contributed by atoms with van der Waals surface area (Å²) in [6, 6.07) is 3.81. The van der Waals surface area contributed by atoms with Crippen LogP contribution in [-0.4, -0.2) is 31.9 Å². The van der Waals surface area contributed by atoms with Gasteiger partial charge in [-0.3, -0.25) is 4.79 Å². The average molecular weight is 306 g/mol. The summed E-state index contributed by atoms with van der Waals surface area (Å²) in [6.45, 7) is 0. The predicted octanol–water partition coefficient (Wildman–Crippen LogP) is 1.32. The summed E-state index contributed by atoms with van der Waals surface area (Å²) in [6.07, 6.45) is 0.209. The second-order valence-corrected chi connectivity index (χ2v) is 7.18. The summed E-state index contributed by atoms with van der Waals surface area (Å²) >= 11 is 5.82. The number of halogens is 2. The molecule has 0 aliphatic carbocycles. The first-order chi connectivity index (χ1) is 8.87. The fourth-order valence-corrected chi connectivity index (χ4v) is 3.95. The van der Waals surface area contributed by atoms with Crippen molar-refractivity contribution in [1.29, 1.82) is 0 Å². The maximum atomic E-state index is 13.5. The van der Waals surface area contributed by atoms with Crippen molar-refractivity contribution in [3.63, 3.8) is 0 Å². The Hall–Kier alpha value is -1.14. The van der Waals surface area contributed by atoms with Gasteiger partial charge in [0.25, 0.3) is 0 Å². The highest BCUT2D eigenvalue weighted by atomic mass is 35.5. The number of benzene rings is 1. The number of sulfone groups is 1. The van der Waals surface area contributed by atoms with Gasteiger partial charge in [-0.15, -0.1) is 0 Å². The molecule has 1 aromatic carbocycles. The molecule has 1 heterocycles. The largest absolute Gasteiger partial charge is 0.352 e. The van der Waals surface area contributed by atoms with Crippen LogP contribution >= 0.6 is 11.6 Å². The van der Waals surface area contributed by atoms with Crippen molar-refractivity contribution in [2.24, 2.45) is 0 Å². The molecule has 1 N–H and O–H groups in total. The van der Waals surface area contributed by atoms with E-state index in [-0.39, 0.29) is 34.6 Å². The Labute approximate surface area is 115 Å². The molecular formula is C12H13ClFNO3S. The quantitative estimate of drug-likeness (QED) is 0.916. The van der Waals surface area contributed by atoms with E-state index in [9.17, 15) is 17.6 Å². The Morgan fingerprint density at radius 3 is 2.79 bits per heavy atom. The average Bonchev–Trinajstić information content (AvgIpc) is 2.63. The van der Waals surface area contributed by atoms with Gasteiger partial charge in [-0.2, -0.15) is 0 Å². The van der Waals surface area contributed by atoms with Gasteiger partial charge in [0.15, 0.2) is 9.84 Å². The number of hydrogen-bond acceptors (Lipinski definition) is 3. The highest BCUT2D eigenvalue weighted by Gasteiger charge is 2.29. The van der Waals surface area contributed by atoms with Gasteiger partial charge in [0, 0.05) is 16.6 Å². The maximum Gasteiger partial charge on any atom is 0.224 e. The third-order valence-corrected chi connectivity index (χ3v) is 5.12. The first kappa shape index (κ1) is 14.3. The van der Waals surface area contributed by atoms with E-state index >= 15 is 0 Å². The summed E-state index contributed by atoms with van der Waals surface area (Å²) in [5.41, 5.74) is 0.127. The number of nitrogens with one attached hydrogen (secondary N) is 1. The summed E-state index contributed by atoms with van der Waals surface area (Å²) in [7, 11) is -3.05. The van der Waals surface area contributed by atoms with Gasteiger partial charge in [0.05, 0.1) is 17.9 Å². The molecule has 0 saturated carbocycles. The van der Waals surface area contributed by atoms with E-state index in [1.807, 2.05) is 0 Å². The molecule has 1 amide bonds. The lowest BCUT2D eigenvalue weighted by molar-refractivity contribution is -0.121. The number of carbonyl (C=O) groups is 1. The minimum Gasteiger partial charge on any atom is -0.352 e. The Kier molecular flexibility index (Phi) is 4.10. The van der Waals surface area contributed by atoms with Gasteiger partial charge in [-0.25, -0.2) is 12.8 Å². The first-order valence-electron chi connectivity index (χ1n) is 5.80. The zero-order valence-corrected chi connectivity index (χ0v) is 11.6. The highest BCUT2D eigenvalue weighted by Crippen LogP contribution is 2.19. The van der Waals surface area contributed by atoms with Crippen LogP contribution in [0.1, 0.15) is 12.0 Å². The molecule has 0 unspecified atom stereocenters. The van der Waals surface area contributed by atoms with Crippen LogP contribution in [0.3, 0.4) is 0 Å².